The average Bonchev–Trinajstić information content (AvgIpc) is 2.89. The van der Waals surface area contributed by atoms with Crippen LogP contribution in [0.2, 0.25) is 0 Å². The standard InChI is InChI=1S/C16H27N3O2/c20-16(12-14-2-1-3-14)17-15-4-5-19(13-15)7-6-18-8-10-21-11-9-18/h12,15H,1-11,13H2,(H,17,20). The van der Waals surface area contributed by atoms with E-state index in [4.69, 9.17) is 4.74 Å². The quantitative estimate of drug-likeness (QED) is 0.755. The minimum atomic E-state index is 0.115. The van der Waals surface area contributed by atoms with Crippen molar-refractivity contribution in [1.29, 1.82) is 0 Å². The predicted octanol–water partition coefficient (Wildman–Crippen LogP) is 0.619. The Morgan fingerprint density at radius 2 is 1.95 bits per heavy atom. The van der Waals surface area contributed by atoms with Gasteiger partial charge in [0, 0.05) is 51.4 Å². The van der Waals surface area contributed by atoms with E-state index < -0.39 is 0 Å². The number of morpholine rings is 1. The van der Waals surface area contributed by atoms with Gasteiger partial charge in [-0.3, -0.25) is 14.6 Å². The molecule has 1 saturated carbocycles. The van der Waals surface area contributed by atoms with Crippen LogP contribution in [0.1, 0.15) is 25.7 Å². The number of likely N-dealkylation sites (tertiary alicyclic amines) is 1. The van der Waals surface area contributed by atoms with Gasteiger partial charge in [0.05, 0.1) is 13.2 Å². The van der Waals surface area contributed by atoms with Crippen LogP contribution in [0.4, 0.5) is 0 Å². The molecule has 2 saturated heterocycles. The van der Waals surface area contributed by atoms with Crippen molar-refractivity contribution in [2.75, 3.05) is 52.5 Å². The lowest BCUT2D eigenvalue weighted by Gasteiger charge is -2.28. The minimum Gasteiger partial charge on any atom is -0.379 e. The summed E-state index contributed by atoms with van der Waals surface area (Å²) in [5.74, 6) is 0.115. The van der Waals surface area contributed by atoms with Crippen molar-refractivity contribution in [1.82, 2.24) is 15.1 Å². The van der Waals surface area contributed by atoms with E-state index in [2.05, 4.69) is 15.1 Å². The molecule has 0 bridgehead atoms. The van der Waals surface area contributed by atoms with Gasteiger partial charge < -0.3 is 10.1 Å². The summed E-state index contributed by atoms with van der Waals surface area (Å²) in [6.45, 7) is 8.18. The topological polar surface area (TPSA) is 44.8 Å². The van der Waals surface area contributed by atoms with Gasteiger partial charge in [0.1, 0.15) is 0 Å². The van der Waals surface area contributed by atoms with E-state index in [9.17, 15) is 4.79 Å². The van der Waals surface area contributed by atoms with E-state index in [0.717, 1.165) is 71.7 Å². The first-order valence-electron chi connectivity index (χ1n) is 8.32. The number of allylic oxidation sites excluding steroid dienone is 1. The zero-order chi connectivity index (χ0) is 14.5. The maximum atomic E-state index is 11.9. The van der Waals surface area contributed by atoms with Crippen LogP contribution >= 0.6 is 0 Å². The molecule has 118 valence electrons. The molecule has 2 heterocycles. The highest BCUT2D eigenvalue weighted by Gasteiger charge is 2.24. The molecule has 1 atom stereocenters. The van der Waals surface area contributed by atoms with Crippen LogP contribution < -0.4 is 5.32 Å². The summed E-state index contributed by atoms with van der Waals surface area (Å²) < 4.78 is 5.37. The Balaban J connectivity index is 1.33. The van der Waals surface area contributed by atoms with Crippen LogP contribution in [0.25, 0.3) is 0 Å². The Bertz CT molecular complexity index is 385. The smallest absolute Gasteiger partial charge is 0.244 e. The molecule has 0 spiro atoms. The van der Waals surface area contributed by atoms with Crippen molar-refractivity contribution in [3.63, 3.8) is 0 Å². The summed E-state index contributed by atoms with van der Waals surface area (Å²) in [5, 5.41) is 3.16. The molecule has 1 aliphatic carbocycles. The first-order valence-corrected chi connectivity index (χ1v) is 8.32. The maximum absolute atomic E-state index is 11.9. The summed E-state index contributed by atoms with van der Waals surface area (Å²) in [5.41, 5.74) is 1.31. The molecule has 1 N–H and O–H groups in total. The Morgan fingerprint density at radius 3 is 2.67 bits per heavy atom. The molecule has 5 heteroatoms. The molecule has 0 aromatic carbocycles. The summed E-state index contributed by atoms with van der Waals surface area (Å²) >= 11 is 0. The third-order valence-electron chi connectivity index (χ3n) is 4.79. The van der Waals surface area contributed by atoms with Crippen LogP contribution in [0.15, 0.2) is 11.6 Å². The highest BCUT2D eigenvalue weighted by molar-refractivity contribution is 5.88. The Kier molecular flexibility index (Phi) is 5.27. The molecule has 3 fully saturated rings. The van der Waals surface area contributed by atoms with Crippen molar-refractivity contribution in [3.05, 3.63) is 11.6 Å². The Hall–Kier alpha value is -0.910. The number of ether oxygens (including phenoxy) is 1. The molecule has 3 aliphatic rings. The van der Waals surface area contributed by atoms with E-state index in [-0.39, 0.29) is 5.91 Å². The zero-order valence-corrected chi connectivity index (χ0v) is 12.9. The Labute approximate surface area is 127 Å². The van der Waals surface area contributed by atoms with Gasteiger partial charge in [-0.15, -0.1) is 0 Å². The first kappa shape index (κ1) is 15.0. The SMILES string of the molecule is O=C(C=C1CCC1)NC1CCN(CCN2CCOCC2)C1. The molecule has 2 aliphatic heterocycles. The predicted molar refractivity (Wildman–Crippen MR) is 82.2 cm³/mol. The van der Waals surface area contributed by atoms with Crippen molar-refractivity contribution in [3.8, 4) is 0 Å². The van der Waals surface area contributed by atoms with Gasteiger partial charge >= 0.3 is 0 Å². The van der Waals surface area contributed by atoms with Gasteiger partial charge in [0.25, 0.3) is 0 Å². The Morgan fingerprint density at radius 1 is 1.19 bits per heavy atom. The average molecular weight is 293 g/mol. The molecule has 1 unspecified atom stereocenters. The molecular weight excluding hydrogens is 266 g/mol. The van der Waals surface area contributed by atoms with Crippen molar-refractivity contribution >= 4 is 5.91 Å². The maximum Gasteiger partial charge on any atom is 0.244 e. The highest BCUT2D eigenvalue weighted by Crippen LogP contribution is 2.24. The summed E-state index contributed by atoms with van der Waals surface area (Å²) in [4.78, 5) is 16.8. The fourth-order valence-corrected chi connectivity index (χ4v) is 3.21. The van der Waals surface area contributed by atoms with Gasteiger partial charge in [-0.05, 0) is 25.7 Å². The molecular formula is C16H27N3O2. The summed E-state index contributed by atoms with van der Waals surface area (Å²) in [6.07, 6.45) is 6.38. The second kappa shape index (κ2) is 7.38. The van der Waals surface area contributed by atoms with E-state index in [1.54, 1.807) is 0 Å². The number of nitrogens with zero attached hydrogens (tertiary/aromatic N) is 2. The van der Waals surface area contributed by atoms with Gasteiger partial charge in [0.2, 0.25) is 5.91 Å². The third kappa shape index (κ3) is 4.53. The number of rotatable bonds is 5. The van der Waals surface area contributed by atoms with E-state index >= 15 is 0 Å². The molecule has 5 nitrogen and oxygen atoms in total. The lowest BCUT2D eigenvalue weighted by Crippen LogP contribution is -2.42. The second-order valence-corrected chi connectivity index (χ2v) is 6.40. The number of carbonyl (C=O) groups excluding carboxylic acids is 1. The number of amides is 1. The molecule has 21 heavy (non-hydrogen) atoms. The van der Waals surface area contributed by atoms with E-state index in [1.807, 2.05) is 6.08 Å². The molecule has 0 radical (unpaired) electrons. The fraction of sp³-hybridized carbons (Fsp3) is 0.812. The van der Waals surface area contributed by atoms with Crippen molar-refractivity contribution in [2.45, 2.75) is 31.7 Å². The summed E-state index contributed by atoms with van der Waals surface area (Å²) in [6, 6.07) is 0.333. The fourth-order valence-electron chi connectivity index (χ4n) is 3.21. The third-order valence-corrected chi connectivity index (χ3v) is 4.79. The number of nitrogens with one attached hydrogen (secondary N) is 1. The molecule has 0 aromatic heterocycles. The lowest BCUT2D eigenvalue weighted by atomic mass is 9.92. The minimum absolute atomic E-state index is 0.115. The van der Waals surface area contributed by atoms with E-state index in [1.165, 1.54) is 12.0 Å². The van der Waals surface area contributed by atoms with Crippen LogP contribution in [0.3, 0.4) is 0 Å². The first-order chi connectivity index (χ1) is 10.3. The molecule has 3 rings (SSSR count). The largest absolute Gasteiger partial charge is 0.379 e. The lowest BCUT2D eigenvalue weighted by molar-refractivity contribution is -0.117. The normalized spacial score (nSPS) is 27.4. The van der Waals surface area contributed by atoms with Gasteiger partial charge in [-0.1, -0.05) is 5.57 Å². The van der Waals surface area contributed by atoms with Crippen LogP contribution in [0, 0.1) is 0 Å². The van der Waals surface area contributed by atoms with Gasteiger partial charge in [-0.25, -0.2) is 0 Å². The molecule has 1 amide bonds. The van der Waals surface area contributed by atoms with Crippen LogP contribution in [-0.4, -0.2) is 74.2 Å². The highest BCUT2D eigenvalue weighted by atomic mass is 16.5. The van der Waals surface area contributed by atoms with E-state index in [0.29, 0.717) is 6.04 Å². The van der Waals surface area contributed by atoms with Gasteiger partial charge in [-0.2, -0.15) is 0 Å². The van der Waals surface area contributed by atoms with Crippen molar-refractivity contribution in [2.24, 2.45) is 0 Å². The monoisotopic (exact) mass is 293 g/mol. The molecule has 0 aromatic rings. The zero-order valence-electron chi connectivity index (χ0n) is 12.9. The van der Waals surface area contributed by atoms with Crippen molar-refractivity contribution < 1.29 is 9.53 Å². The number of carbonyl (C=O) groups is 1. The second-order valence-electron chi connectivity index (χ2n) is 6.40. The number of hydrogen-bond donors (Lipinski definition) is 1. The van der Waals surface area contributed by atoms with Crippen LogP contribution in [0.5, 0.6) is 0 Å². The van der Waals surface area contributed by atoms with Gasteiger partial charge in [0.15, 0.2) is 0 Å². The summed E-state index contributed by atoms with van der Waals surface area (Å²) in [7, 11) is 0. The van der Waals surface area contributed by atoms with Crippen LogP contribution in [-0.2, 0) is 9.53 Å². The number of hydrogen-bond acceptors (Lipinski definition) is 4.